The molecule has 0 saturated heterocycles. The van der Waals surface area contributed by atoms with E-state index in [0.717, 1.165) is 11.4 Å². The Hall–Kier alpha value is -2.44. The van der Waals surface area contributed by atoms with E-state index in [1.54, 1.807) is 0 Å². The van der Waals surface area contributed by atoms with Crippen molar-refractivity contribution in [1.82, 2.24) is 25.3 Å². The van der Waals surface area contributed by atoms with Gasteiger partial charge in [-0.15, -0.1) is 0 Å². The fraction of sp³-hybridized carbons (Fsp3) is 0.333. The van der Waals surface area contributed by atoms with Crippen molar-refractivity contribution < 1.29 is 4.79 Å². The molecule has 0 bridgehead atoms. The topological polar surface area (TPSA) is 92.7 Å². The number of nitrogens with one attached hydrogen (secondary N) is 2. The number of hydrogen-bond acceptors (Lipinski definition) is 4. The zero-order chi connectivity index (χ0) is 13.8. The van der Waals surface area contributed by atoms with Crippen molar-refractivity contribution in [2.75, 3.05) is 6.54 Å². The van der Waals surface area contributed by atoms with Gasteiger partial charge in [-0.3, -0.25) is 14.3 Å². The number of H-pyrrole nitrogens is 1. The van der Waals surface area contributed by atoms with Gasteiger partial charge in [0.25, 0.3) is 11.5 Å². The third-order valence-corrected chi connectivity index (χ3v) is 2.62. The molecule has 7 heteroatoms. The minimum atomic E-state index is -0.334. The van der Waals surface area contributed by atoms with Crippen LogP contribution < -0.4 is 10.9 Å². The molecule has 100 valence electrons. The average molecular weight is 261 g/mol. The second-order valence-corrected chi connectivity index (χ2v) is 4.21. The van der Waals surface area contributed by atoms with Crippen molar-refractivity contribution in [2.24, 2.45) is 0 Å². The van der Waals surface area contributed by atoms with Gasteiger partial charge in [-0.05, 0) is 26.0 Å². The molecule has 2 N–H and O–H groups in total. The van der Waals surface area contributed by atoms with E-state index >= 15 is 0 Å². The van der Waals surface area contributed by atoms with Gasteiger partial charge in [-0.2, -0.15) is 10.2 Å². The van der Waals surface area contributed by atoms with E-state index in [0.29, 0.717) is 13.1 Å². The Morgan fingerprint density at radius 3 is 2.79 bits per heavy atom. The van der Waals surface area contributed by atoms with E-state index < -0.39 is 0 Å². The highest BCUT2D eigenvalue weighted by molar-refractivity contribution is 5.91. The van der Waals surface area contributed by atoms with Crippen molar-refractivity contribution in [2.45, 2.75) is 20.4 Å². The van der Waals surface area contributed by atoms with Crippen molar-refractivity contribution >= 4 is 5.91 Å². The highest BCUT2D eigenvalue weighted by Crippen LogP contribution is 2.00. The maximum atomic E-state index is 11.7. The molecule has 2 rings (SSSR count). The van der Waals surface area contributed by atoms with E-state index in [9.17, 15) is 9.59 Å². The van der Waals surface area contributed by atoms with Gasteiger partial charge in [0.1, 0.15) is 5.69 Å². The lowest BCUT2D eigenvalue weighted by Gasteiger charge is -2.06. The SMILES string of the molecule is Cc1cc(C)n(CCNC(=O)c2ccc(=O)[nH]n2)n1. The molecule has 7 nitrogen and oxygen atoms in total. The van der Waals surface area contributed by atoms with Crippen LogP contribution >= 0.6 is 0 Å². The Labute approximate surface area is 109 Å². The second kappa shape index (κ2) is 5.47. The number of hydrogen-bond donors (Lipinski definition) is 2. The quantitative estimate of drug-likeness (QED) is 0.811. The van der Waals surface area contributed by atoms with Gasteiger partial charge in [0.15, 0.2) is 0 Å². The molecule has 0 radical (unpaired) electrons. The van der Waals surface area contributed by atoms with Gasteiger partial charge in [-0.1, -0.05) is 0 Å². The molecular formula is C12H15N5O2. The van der Waals surface area contributed by atoms with Crippen LogP contribution in [0.25, 0.3) is 0 Å². The second-order valence-electron chi connectivity index (χ2n) is 4.21. The van der Waals surface area contributed by atoms with Crippen molar-refractivity contribution in [3.8, 4) is 0 Å². The van der Waals surface area contributed by atoms with Crippen LogP contribution in [0.3, 0.4) is 0 Å². The molecule has 2 aromatic heterocycles. The van der Waals surface area contributed by atoms with Gasteiger partial charge in [0, 0.05) is 18.3 Å². The summed E-state index contributed by atoms with van der Waals surface area (Å²) in [6.45, 7) is 4.92. The first-order valence-electron chi connectivity index (χ1n) is 5.91. The molecule has 2 aromatic rings. The van der Waals surface area contributed by atoms with Gasteiger partial charge < -0.3 is 5.32 Å². The van der Waals surface area contributed by atoms with Crippen LogP contribution in [-0.2, 0) is 6.54 Å². The Morgan fingerprint density at radius 1 is 1.42 bits per heavy atom. The summed E-state index contributed by atoms with van der Waals surface area (Å²) in [5, 5.41) is 12.9. The lowest BCUT2D eigenvalue weighted by molar-refractivity contribution is 0.0945. The molecule has 0 atom stereocenters. The first-order valence-corrected chi connectivity index (χ1v) is 5.91. The molecule has 0 aromatic carbocycles. The minimum Gasteiger partial charge on any atom is -0.349 e. The van der Waals surface area contributed by atoms with E-state index in [1.807, 2.05) is 24.6 Å². The lowest BCUT2D eigenvalue weighted by atomic mass is 10.3. The highest BCUT2D eigenvalue weighted by atomic mass is 16.2. The van der Waals surface area contributed by atoms with Gasteiger partial charge in [-0.25, -0.2) is 5.10 Å². The molecule has 0 unspecified atom stereocenters. The van der Waals surface area contributed by atoms with Gasteiger partial charge in [0.05, 0.1) is 12.2 Å². The van der Waals surface area contributed by atoms with Crippen LogP contribution in [0.15, 0.2) is 23.0 Å². The molecule has 0 spiro atoms. The summed E-state index contributed by atoms with van der Waals surface area (Å²) in [4.78, 5) is 22.5. The summed E-state index contributed by atoms with van der Waals surface area (Å²) in [5.41, 5.74) is 1.85. The normalized spacial score (nSPS) is 10.4. The largest absolute Gasteiger partial charge is 0.349 e. The van der Waals surface area contributed by atoms with Crippen LogP contribution in [0.5, 0.6) is 0 Å². The summed E-state index contributed by atoms with van der Waals surface area (Å²) in [5.74, 6) is -0.321. The molecule has 1 amide bonds. The van der Waals surface area contributed by atoms with E-state index in [1.165, 1.54) is 12.1 Å². The highest BCUT2D eigenvalue weighted by Gasteiger charge is 2.07. The maximum Gasteiger partial charge on any atom is 0.271 e. The zero-order valence-electron chi connectivity index (χ0n) is 10.8. The number of aromatic nitrogens is 4. The van der Waals surface area contributed by atoms with Crippen LogP contribution in [-0.4, -0.2) is 32.4 Å². The average Bonchev–Trinajstić information content (AvgIpc) is 2.68. The van der Waals surface area contributed by atoms with Crippen LogP contribution in [0.4, 0.5) is 0 Å². The van der Waals surface area contributed by atoms with Gasteiger partial charge >= 0.3 is 0 Å². The number of aromatic amines is 1. The predicted octanol–water partition coefficient (Wildman–Crippen LogP) is 0.0132. The number of carbonyl (C=O) groups excluding carboxylic acids is 1. The summed E-state index contributed by atoms with van der Waals surface area (Å²) < 4.78 is 1.83. The third-order valence-electron chi connectivity index (χ3n) is 2.62. The van der Waals surface area contributed by atoms with Crippen molar-refractivity contribution in [3.05, 3.63) is 45.6 Å². The van der Waals surface area contributed by atoms with Crippen molar-refractivity contribution in [1.29, 1.82) is 0 Å². The van der Waals surface area contributed by atoms with Crippen LogP contribution in [0.1, 0.15) is 21.9 Å². The minimum absolute atomic E-state index is 0.188. The van der Waals surface area contributed by atoms with E-state index in [4.69, 9.17) is 0 Å². The standard InChI is InChI=1S/C12H15N5O2/c1-8-7-9(2)17(16-8)6-5-13-12(19)10-3-4-11(18)15-14-10/h3-4,7H,5-6H2,1-2H3,(H,13,19)(H,15,18). The number of carbonyl (C=O) groups is 1. The fourth-order valence-corrected chi connectivity index (χ4v) is 1.74. The predicted molar refractivity (Wildman–Crippen MR) is 68.9 cm³/mol. The van der Waals surface area contributed by atoms with Crippen LogP contribution in [0.2, 0.25) is 0 Å². The number of amides is 1. The third kappa shape index (κ3) is 3.27. The van der Waals surface area contributed by atoms with Crippen LogP contribution in [0, 0.1) is 13.8 Å². The molecule has 2 heterocycles. The fourth-order valence-electron chi connectivity index (χ4n) is 1.74. The summed E-state index contributed by atoms with van der Waals surface area (Å²) in [6, 6.07) is 4.63. The number of aryl methyl sites for hydroxylation is 2. The summed E-state index contributed by atoms with van der Waals surface area (Å²) in [7, 11) is 0. The smallest absolute Gasteiger partial charge is 0.271 e. The van der Waals surface area contributed by atoms with Crippen molar-refractivity contribution in [3.63, 3.8) is 0 Å². The number of rotatable bonds is 4. The first kappa shape index (κ1) is 13.0. The summed E-state index contributed by atoms with van der Waals surface area (Å²) >= 11 is 0. The molecule has 0 fully saturated rings. The Morgan fingerprint density at radius 2 is 2.21 bits per heavy atom. The Kier molecular flexibility index (Phi) is 3.74. The first-order chi connectivity index (χ1) is 9.06. The molecule has 0 aliphatic rings. The Balaban J connectivity index is 1.89. The number of nitrogens with zero attached hydrogens (tertiary/aromatic N) is 3. The molecule has 0 aliphatic heterocycles. The van der Waals surface area contributed by atoms with E-state index in [-0.39, 0.29) is 17.2 Å². The molecule has 0 aliphatic carbocycles. The monoisotopic (exact) mass is 261 g/mol. The Bertz CT molecular complexity index is 623. The van der Waals surface area contributed by atoms with E-state index in [2.05, 4.69) is 20.6 Å². The zero-order valence-corrected chi connectivity index (χ0v) is 10.8. The molecule has 19 heavy (non-hydrogen) atoms. The maximum absolute atomic E-state index is 11.7. The molecule has 0 saturated carbocycles. The van der Waals surface area contributed by atoms with Gasteiger partial charge in [0.2, 0.25) is 0 Å². The lowest BCUT2D eigenvalue weighted by Crippen LogP contribution is -2.29. The molecular weight excluding hydrogens is 246 g/mol. The summed E-state index contributed by atoms with van der Waals surface area (Å²) in [6.07, 6.45) is 0.